The summed E-state index contributed by atoms with van der Waals surface area (Å²) in [7, 11) is 0. The van der Waals surface area contributed by atoms with Crippen LogP contribution in [0.25, 0.3) is 10.8 Å². The molecule has 0 saturated carbocycles. The fourth-order valence-corrected chi connectivity index (χ4v) is 2.44. The van der Waals surface area contributed by atoms with Crippen LogP contribution in [0.15, 0.2) is 49.1 Å². The molecule has 2 aromatic carbocycles. The quantitative estimate of drug-likeness (QED) is 0.267. The van der Waals surface area contributed by atoms with E-state index >= 15 is 0 Å². The summed E-state index contributed by atoms with van der Waals surface area (Å²) in [6.45, 7) is 5.51. The lowest BCUT2D eigenvalue weighted by Gasteiger charge is -2.09. The van der Waals surface area contributed by atoms with E-state index in [1.807, 2.05) is 24.3 Å². The number of carbonyl (C=O) groups excluding carboxylic acids is 2. The molecule has 29 heavy (non-hydrogen) atoms. The molecule has 0 bridgehead atoms. The van der Waals surface area contributed by atoms with E-state index < -0.39 is 12.1 Å². The Morgan fingerprint density at radius 1 is 1.10 bits per heavy atom. The Bertz CT molecular complexity index is 863. The molecule has 1 aliphatic heterocycles. The van der Waals surface area contributed by atoms with Crippen molar-refractivity contribution in [3.05, 3.63) is 49.1 Å². The molecule has 1 amide bonds. The summed E-state index contributed by atoms with van der Waals surface area (Å²) in [5.41, 5.74) is 0. The topological polar surface area (TPSA) is 95.6 Å². The molecule has 8 nitrogen and oxygen atoms in total. The summed E-state index contributed by atoms with van der Waals surface area (Å²) < 4.78 is 26.1. The Hall–Kier alpha value is -3.10. The molecular weight excluding hydrogens is 378 g/mol. The van der Waals surface area contributed by atoms with Crippen molar-refractivity contribution in [2.75, 3.05) is 39.6 Å². The van der Waals surface area contributed by atoms with Crippen LogP contribution < -0.4 is 14.8 Å². The first-order valence-electron chi connectivity index (χ1n) is 9.25. The fraction of sp³-hybridized carbons (Fsp3) is 0.333. The standard InChI is InChI=1S/C21H23NO7/c1-2-20(23)26-10-9-25-8-7-22-21(24)29-18-6-4-15-11-17(5-3-16(15)12-18)27-13-19-14-28-19/h2-6,11-12,19H,1,7-10,13-14H2,(H,22,24). The molecule has 0 radical (unpaired) electrons. The average Bonchev–Trinajstić information content (AvgIpc) is 3.55. The van der Waals surface area contributed by atoms with E-state index in [-0.39, 0.29) is 32.5 Å². The smallest absolute Gasteiger partial charge is 0.412 e. The van der Waals surface area contributed by atoms with Crippen molar-refractivity contribution in [2.45, 2.75) is 6.10 Å². The number of amides is 1. The van der Waals surface area contributed by atoms with Crippen LogP contribution in [-0.2, 0) is 19.0 Å². The highest BCUT2D eigenvalue weighted by atomic mass is 16.6. The van der Waals surface area contributed by atoms with Crippen molar-refractivity contribution in [3.8, 4) is 11.5 Å². The lowest BCUT2D eigenvalue weighted by atomic mass is 10.1. The Kier molecular flexibility index (Phi) is 7.43. The molecular formula is C21H23NO7. The zero-order valence-corrected chi connectivity index (χ0v) is 15.9. The van der Waals surface area contributed by atoms with Gasteiger partial charge in [-0.3, -0.25) is 0 Å². The molecule has 1 saturated heterocycles. The maximum absolute atomic E-state index is 11.9. The number of epoxide rings is 1. The average molecular weight is 401 g/mol. The highest BCUT2D eigenvalue weighted by Crippen LogP contribution is 2.25. The summed E-state index contributed by atoms with van der Waals surface area (Å²) in [6, 6.07) is 11.1. The minimum absolute atomic E-state index is 0.132. The summed E-state index contributed by atoms with van der Waals surface area (Å²) >= 11 is 0. The fourth-order valence-electron chi connectivity index (χ4n) is 2.44. The van der Waals surface area contributed by atoms with E-state index in [1.165, 1.54) is 0 Å². The van der Waals surface area contributed by atoms with Crippen LogP contribution in [0.2, 0.25) is 0 Å². The number of rotatable bonds is 11. The number of carbonyl (C=O) groups is 2. The van der Waals surface area contributed by atoms with Gasteiger partial charge in [0.15, 0.2) is 0 Å². The molecule has 154 valence electrons. The van der Waals surface area contributed by atoms with Gasteiger partial charge in [0.2, 0.25) is 0 Å². The van der Waals surface area contributed by atoms with Crippen LogP contribution in [0, 0.1) is 0 Å². The number of hydrogen-bond acceptors (Lipinski definition) is 7. The monoisotopic (exact) mass is 401 g/mol. The number of ether oxygens (including phenoxy) is 5. The maximum Gasteiger partial charge on any atom is 0.412 e. The van der Waals surface area contributed by atoms with Gasteiger partial charge < -0.3 is 29.0 Å². The van der Waals surface area contributed by atoms with Crippen LogP contribution in [-0.4, -0.2) is 57.7 Å². The third-order valence-corrected chi connectivity index (χ3v) is 3.99. The van der Waals surface area contributed by atoms with E-state index in [1.54, 1.807) is 12.1 Å². The molecule has 1 heterocycles. The molecule has 0 aliphatic carbocycles. The van der Waals surface area contributed by atoms with Gasteiger partial charge >= 0.3 is 12.1 Å². The Balaban J connectivity index is 1.37. The zero-order valence-electron chi connectivity index (χ0n) is 15.9. The molecule has 1 aliphatic rings. The van der Waals surface area contributed by atoms with Gasteiger partial charge in [-0.05, 0) is 35.0 Å². The summed E-state index contributed by atoms with van der Waals surface area (Å²) in [5, 5.41) is 4.51. The lowest BCUT2D eigenvalue weighted by Crippen LogP contribution is -2.30. The SMILES string of the molecule is C=CC(=O)OCCOCCNC(=O)Oc1ccc2cc(OCC3CO3)ccc2c1. The first kappa shape index (κ1) is 20.6. The second-order valence-corrected chi connectivity index (χ2v) is 6.24. The van der Waals surface area contributed by atoms with Crippen LogP contribution in [0.3, 0.4) is 0 Å². The third-order valence-electron chi connectivity index (χ3n) is 3.99. The normalized spacial score (nSPS) is 14.8. The maximum atomic E-state index is 11.9. The summed E-state index contributed by atoms with van der Waals surface area (Å²) in [4.78, 5) is 22.7. The van der Waals surface area contributed by atoms with Gasteiger partial charge in [-0.1, -0.05) is 18.7 Å². The number of esters is 1. The molecule has 1 fully saturated rings. The Morgan fingerprint density at radius 2 is 1.83 bits per heavy atom. The van der Waals surface area contributed by atoms with Gasteiger partial charge in [-0.15, -0.1) is 0 Å². The van der Waals surface area contributed by atoms with Crippen molar-refractivity contribution in [1.29, 1.82) is 0 Å². The number of fused-ring (bicyclic) bond motifs is 1. The molecule has 1 atom stereocenters. The van der Waals surface area contributed by atoms with E-state index in [0.29, 0.717) is 12.4 Å². The van der Waals surface area contributed by atoms with Crippen molar-refractivity contribution in [1.82, 2.24) is 5.32 Å². The molecule has 0 spiro atoms. The molecule has 8 heteroatoms. The van der Waals surface area contributed by atoms with E-state index in [4.69, 9.17) is 23.7 Å². The first-order chi connectivity index (χ1) is 14.1. The van der Waals surface area contributed by atoms with Crippen LogP contribution in [0.1, 0.15) is 0 Å². The summed E-state index contributed by atoms with van der Waals surface area (Å²) in [5.74, 6) is 0.716. The lowest BCUT2D eigenvalue weighted by molar-refractivity contribution is -0.139. The number of benzene rings is 2. The van der Waals surface area contributed by atoms with E-state index in [0.717, 1.165) is 29.2 Å². The molecule has 0 aromatic heterocycles. The highest BCUT2D eigenvalue weighted by Gasteiger charge is 2.23. The Labute approximate surface area is 168 Å². The van der Waals surface area contributed by atoms with Gasteiger partial charge in [0, 0.05) is 12.6 Å². The van der Waals surface area contributed by atoms with Gasteiger partial charge in [0.1, 0.15) is 30.8 Å². The minimum Gasteiger partial charge on any atom is -0.491 e. The largest absolute Gasteiger partial charge is 0.491 e. The number of hydrogen-bond donors (Lipinski definition) is 1. The number of nitrogens with one attached hydrogen (secondary N) is 1. The predicted molar refractivity (Wildman–Crippen MR) is 105 cm³/mol. The minimum atomic E-state index is -0.574. The van der Waals surface area contributed by atoms with E-state index in [9.17, 15) is 9.59 Å². The van der Waals surface area contributed by atoms with Crippen LogP contribution >= 0.6 is 0 Å². The van der Waals surface area contributed by atoms with Crippen molar-refractivity contribution in [3.63, 3.8) is 0 Å². The first-order valence-corrected chi connectivity index (χ1v) is 9.25. The van der Waals surface area contributed by atoms with Gasteiger partial charge in [0.05, 0.1) is 19.8 Å². The van der Waals surface area contributed by atoms with Crippen LogP contribution in [0.5, 0.6) is 11.5 Å². The molecule has 1 unspecified atom stereocenters. The predicted octanol–water partition coefficient (Wildman–Crippen LogP) is 2.45. The van der Waals surface area contributed by atoms with Gasteiger partial charge in [-0.2, -0.15) is 0 Å². The van der Waals surface area contributed by atoms with Crippen molar-refractivity contribution in [2.24, 2.45) is 0 Å². The van der Waals surface area contributed by atoms with Crippen LogP contribution in [0.4, 0.5) is 4.79 Å². The van der Waals surface area contributed by atoms with Crippen molar-refractivity contribution < 1.29 is 33.3 Å². The Morgan fingerprint density at radius 3 is 2.55 bits per heavy atom. The molecule has 2 aromatic rings. The molecule has 3 rings (SSSR count). The van der Waals surface area contributed by atoms with Gasteiger partial charge in [-0.25, -0.2) is 9.59 Å². The van der Waals surface area contributed by atoms with Crippen molar-refractivity contribution >= 4 is 22.8 Å². The second-order valence-electron chi connectivity index (χ2n) is 6.24. The van der Waals surface area contributed by atoms with E-state index in [2.05, 4.69) is 11.9 Å². The summed E-state index contributed by atoms with van der Waals surface area (Å²) in [6.07, 6.45) is 0.720. The zero-order chi connectivity index (χ0) is 20.5. The highest BCUT2D eigenvalue weighted by molar-refractivity contribution is 5.86. The third kappa shape index (κ3) is 7.10. The second kappa shape index (κ2) is 10.4. The molecule has 1 N–H and O–H groups in total. The van der Waals surface area contributed by atoms with Gasteiger partial charge in [0.25, 0.3) is 0 Å².